The van der Waals surface area contributed by atoms with E-state index in [1.165, 1.54) is 6.07 Å². The zero-order valence-corrected chi connectivity index (χ0v) is 11.4. The first-order valence-corrected chi connectivity index (χ1v) is 6.54. The van der Waals surface area contributed by atoms with E-state index in [0.29, 0.717) is 18.4 Å². The zero-order valence-electron chi connectivity index (χ0n) is 11.4. The van der Waals surface area contributed by atoms with Gasteiger partial charge in [0.15, 0.2) is 0 Å². The third-order valence-corrected chi connectivity index (χ3v) is 2.73. The molecule has 1 unspecified atom stereocenters. The Morgan fingerprint density at radius 2 is 2.10 bits per heavy atom. The maximum absolute atomic E-state index is 12.2. The van der Waals surface area contributed by atoms with Crippen molar-refractivity contribution in [2.45, 2.75) is 45.4 Å². The highest BCUT2D eigenvalue weighted by atomic mass is 19.3. The number of para-hydroxylation sites is 1. The number of hydrogen-bond acceptors (Lipinski definition) is 3. The van der Waals surface area contributed by atoms with Crippen molar-refractivity contribution in [3.63, 3.8) is 0 Å². The summed E-state index contributed by atoms with van der Waals surface area (Å²) in [5, 5.41) is 2.68. The second kappa shape index (κ2) is 8.47. The van der Waals surface area contributed by atoms with Crippen LogP contribution in [0.3, 0.4) is 0 Å². The average molecular weight is 286 g/mol. The van der Waals surface area contributed by atoms with Crippen molar-refractivity contribution in [3.05, 3.63) is 29.8 Å². The molecule has 1 aromatic rings. The van der Waals surface area contributed by atoms with Crippen LogP contribution in [-0.4, -0.2) is 18.6 Å². The smallest absolute Gasteiger partial charge is 0.387 e. The highest BCUT2D eigenvalue weighted by Crippen LogP contribution is 2.19. The summed E-state index contributed by atoms with van der Waals surface area (Å²) in [6.07, 6.45) is 1.86. The number of amides is 1. The molecular formula is C14H20F2N2O2. The lowest BCUT2D eigenvalue weighted by molar-refractivity contribution is -0.121. The molecule has 0 aliphatic carbocycles. The van der Waals surface area contributed by atoms with Gasteiger partial charge in [0.2, 0.25) is 5.91 Å². The Morgan fingerprint density at radius 1 is 1.40 bits per heavy atom. The maximum Gasteiger partial charge on any atom is 0.387 e. The number of halogens is 2. The van der Waals surface area contributed by atoms with E-state index in [-0.39, 0.29) is 24.2 Å². The summed E-state index contributed by atoms with van der Waals surface area (Å²) >= 11 is 0. The van der Waals surface area contributed by atoms with Crippen LogP contribution in [0.2, 0.25) is 0 Å². The van der Waals surface area contributed by atoms with E-state index in [1.807, 2.05) is 6.92 Å². The predicted octanol–water partition coefficient (Wildman–Crippen LogP) is 2.42. The van der Waals surface area contributed by atoms with Gasteiger partial charge in [-0.15, -0.1) is 0 Å². The van der Waals surface area contributed by atoms with Crippen LogP contribution in [-0.2, 0) is 11.3 Å². The molecule has 3 N–H and O–H groups in total. The van der Waals surface area contributed by atoms with Crippen LogP contribution in [0, 0.1) is 0 Å². The number of rotatable bonds is 8. The van der Waals surface area contributed by atoms with Gasteiger partial charge >= 0.3 is 6.61 Å². The molecule has 0 aromatic heterocycles. The van der Waals surface area contributed by atoms with Gasteiger partial charge in [0.05, 0.1) is 0 Å². The third kappa shape index (κ3) is 6.47. The fraction of sp³-hybridized carbons (Fsp3) is 0.500. The van der Waals surface area contributed by atoms with Crippen molar-refractivity contribution in [1.82, 2.24) is 5.32 Å². The number of nitrogens with one attached hydrogen (secondary N) is 1. The highest BCUT2D eigenvalue weighted by Gasteiger charge is 2.10. The second-order valence-corrected chi connectivity index (χ2v) is 4.63. The van der Waals surface area contributed by atoms with Gasteiger partial charge in [0, 0.05) is 24.6 Å². The SMILES string of the molecule is CC(N)CCCC(=O)NCc1ccccc1OC(F)F. The Labute approximate surface area is 117 Å². The Balaban J connectivity index is 2.42. The summed E-state index contributed by atoms with van der Waals surface area (Å²) < 4.78 is 28.8. The molecule has 1 rings (SSSR count). The molecule has 0 radical (unpaired) electrons. The van der Waals surface area contributed by atoms with Gasteiger partial charge in [0.25, 0.3) is 0 Å². The molecule has 6 heteroatoms. The molecule has 0 bridgehead atoms. The van der Waals surface area contributed by atoms with Gasteiger partial charge in [-0.2, -0.15) is 8.78 Å². The number of alkyl halides is 2. The number of carbonyl (C=O) groups is 1. The van der Waals surface area contributed by atoms with Crippen LogP contribution in [0.5, 0.6) is 5.75 Å². The first kappa shape index (κ1) is 16.4. The largest absolute Gasteiger partial charge is 0.434 e. The van der Waals surface area contributed by atoms with E-state index in [4.69, 9.17) is 5.73 Å². The van der Waals surface area contributed by atoms with Crippen molar-refractivity contribution >= 4 is 5.91 Å². The number of benzene rings is 1. The molecule has 1 atom stereocenters. The Bertz CT molecular complexity index is 425. The van der Waals surface area contributed by atoms with E-state index < -0.39 is 6.61 Å². The normalized spacial score (nSPS) is 12.2. The topological polar surface area (TPSA) is 64.4 Å². The highest BCUT2D eigenvalue weighted by molar-refractivity contribution is 5.75. The van der Waals surface area contributed by atoms with Crippen molar-refractivity contribution in [2.24, 2.45) is 5.73 Å². The Kier molecular flexibility index (Phi) is 6.93. The van der Waals surface area contributed by atoms with Crippen LogP contribution < -0.4 is 15.8 Å². The monoisotopic (exact) mass is 286 g/mol. The first-order valence-electron chi connectivity index (χ1n) is 6.54. The minimum Gasteiger partial charge on any atom is -0.434 e. The van der Waals surface area contributed by atoms with Crippen molar-refractivity contribution in [3.8, 4) is 5.75 Å². The maximum atomic E-state index is 12.2. The van der Waals surface area contributed by atoms with E-state index in [0.717, 1.165) is 6.42 Å². The molecule has 0 saturated heterocycles. The summed E-state index contributed by atoms with van der Waals surface area (Å²) in [7, 11) is 0. The number of carbonyl (C=O) groups excluding carboxylic acids is 1. The standard InChI is InChI=1S/C14H20F2N2O2/c1-10(17)5-4-8-13(19)18-9-11-6-2-3-7-12(11)20-14(15)16/h2-3,6-7,10,14H,4-5,8-9,17H2,1H3,(H,18,19). The van der Waals surface area contributed by atoms with E-state index in [2.05, 4.69) is 10.1 Å². The lowest BCUT2D eigenvalue weighted by atomic mass is 10.1. The molecular weight excluding hydrogens is 266 g/mol. The minimum atomic E-state index is -2.88. The Hall–Kier alpha value is -1.69. The lowest BCUT2D eigenvalue weighted by Gasteiger charge is -2.11. The molecule has 1 aromatic carbocycles. The van der Waals surface area contributed by atoms with Gasteiger partial charge in [-0.25, -0.2) is 0 Å². The van der Waals surface area contributed by atoms with Crippen LogP contribution >= 0.6 is 0 Å². The fourth-order valence-corrected chi connectivity index (χ4v) is 1.73. The van der Waals surface area contributed by atoms with Crippen LogP contribution in [0.1, 0.15) is 31.7 Å². The molecule has 20 heavy (non-hydrogen) atoms. The summed E-state index contributed by atoms with van der Waals surface area (Å²) in [6.45, 7) is -0.826. The molecule has 0 heterocycles. The number of hydrogen-bond donors (Lipinski definition) is 2. The van der Waals surface area contributed by atoms with Gasteiger partial charge in [-0.3, -0.25) is 4.79 Å². The van der Waals surface area contributed by atoms with Gasteiger partial charge in [-0.1, -0.05) is 18.2 Å². The van der Waals surface area contributed by atoms with Gasteiger partial charge < -0.3 is 15.8 Å². The molecule has 0 aliphatic rings. The van der Waals surface area contributed by atoms with Gasteiger partial charge in [0.1, 0.15) is 5.75 Å². The first-order chi connectivity index (χ1) is 9.49. The van der Waals surface area contributed by atoms with E-state index in [1.54, 1.807) is 18.2 Å². The van der Waals surface area contributed by atoms with E-state index >= 15 is 0 Å². The summed E-state index contributed by atoms with van der Waals surface area (Å²) in [4.78, 5) is 11.6. The van der Waals surface area contributed by atoms with Crippen LogP contribution in [0.4, 0.5) is 8.78 Å². The van der Waals surface area contributed by atoms with Crippen LogP contribution in [0.25, 0.3) is 0 Å². The summed E-state index contributed by atoms with van der Waals surface area (Å²) in [5.41, 5.74) is 6.11. The molecule has 0 saturated carbocycles. The molecule has 0 fully saturated rings. The van der Waals surface area contributed by atoms with Crippen molar-refractivity contribution in [2.75, 3.05) is 0 Å². The average Bonchev–Trinajstić information content (AvgIpc) is 2.36. The molecule has 4 nitrogen and oxygen atoms in total. The second-order valence-electron chi connectivity index (χ2n) is 4.63. The summed E-state index contributed by atoms with van der Waals surface area (Å²) in [5.74, 6) is -0.0455. The van der Waals surface area contributed by atoms with Crippen molar-refractivity contribution in [1.29, 1.82) is 0 Å². The quantitative estimate of drug-likeness (QED) is 0.771. The molecule has 112 valence electrons. The van der Waals surface area contributed by atoms with E-state index in [9.17, 15) is 13.6 Å². The van der Waals surface area contributed by atoms with Gasteiger partial charge in [-0.05, 0) is 25.8 Å². The third-order valence-electron chi connectivity index (χ3n) is 2.73. The number of nitrogens with two attached hydrogens (primary N) is 1. The molecule has 0 aliphatic heterocycles. The predicted molar refractivity (Wildman–Crippen MR) is 72.4 cm³/mol. The zero-order chi connectivity index (χ0) is 15.0. The minimum absolute atomic E-state index is 0.0722. The summed E-state index contributed by atoms with van der Waals surface area (Å²) in [6, 6.07) is 6.47. The lowest BCUT2D eigenvalue weighted by Crippen LogP contribution is -2.24. The Morgan fingerprint density at radius 3 is 2.75 bits per heavy atom. The molecule has 1 amide bonds. The fourth-order valence-electron chi connectivity index (χ4n) is 1.73. The molecule has 0 spiro atoms. The van der Waals surface area contributed by atoms with Crippen molar-refractivity contribution < 1.29 is 18.3 Å². The number of ether oxygens (including phenoxy) is 1. The van der Waals surface area contributed by atoms with Crippen LogP contribution in [0.15, 0.2) is 24.3 Å².